The van der Waals surface area contributed by atoms with E-state index in [0.717, 1.165) is 19.3 Å². The first-order valence-electron chi connectivity index (χ1n) is 10.9. The summed E-state index contributed by atoms with van der Waals surface area (Å²) in [6.07, 6.45) is 4.34. The average molecular weight is 389 g/mol. The third-order valence-electron chi connectivity index (χ3n) is 7.20. The van der Waals surface area contributed by atoms with Crippen molar-refractivity contribution in [2.75, 3.05) is 0 Å². The van der Waals surface area contributed by atoms with E-state index < -0.39 is 5.60 Å². The number of hydrogen-bond donors (Lipinski definition) is 0. The number of carbonyl (C=O) groups excluding carboxylic acids is 2. The average Bonchev–Trinajstić information content (AvgIpc) is 3.01. The van der Waals surface area contributed by atoms with Crippen molar-refractivity contribution in [2.24, 2.45) is 23.7 Å². The van der Waals surface area contributed by atoms with Gasteiger partial charge in [0.1, 0.15) is 11.7 Å². The van der Waals surface area contributed by atoms with Gasteiger partial charge in [-0.25, -0.2) is 0 Å². The zero-order valence-corrected chi connectivity index (χ0v) is 18.0. The topological polar surface area (TPSA) is 52.6 Å². The van der Waals surface area contributed by atoms with Gasteiger partial charge in [-0.1, -0.05) is 39.5 Å². The Labute approximate surface area is 169 Å². The maximum Gasteiger partial charge on any atom is 0.306 e. The smallest absolute Gasteiger partial charge is 0.306 e. The predicted molar refractivity (Wildman–Crippen MR) is 110 cm³/mol. The number of rotatable bonds is 4. The number of carbonyl (C=O) groups is 2. The van der Waals surface area contributed by atoms with Crippen molar-refractivity contribution in [2.45, 2.75) is 90.4 Å². The number of hydrogen-bond acceptors (Lipinski definition) is 4. The molecule has 0 aromatic heterocycles. The van der Waals surface area contributed by atoms with Crippen LogP contribution >= 0.6 is 0 Å². The fraction of sp³-hybridized carbons (Fsp3) is 0.750. The molecule has 0 aromatic rings. The first-order chi connectivity index (χ1) is 13.2. The monoisotopic (exact) mass is 388 g/mol. The predicted octanol–water partition coefficient (Wildman–Crippen LogP) is 5.02. The molecule has 156 valence electrons. The highest BCUT2D eigenvalue weighted by Gasteiger charge is 2.58. The molecule has 4 heteroatoms. The molecule has 0 radical (unpaired) electrons. The summed E-state index contributed by atoms with van der Waals surface area (Å²) in [7, 11) is 0. The highest BCUT2D eigenvalue weighted by atomic mass is 16.6. The summed E-state index contributed by atoms with van der Waals surface area (Å²) in [5.74, 6) is 1.36. The highest BCUT2D eigenvalue weighted by Crippen LogP contribution is 2.55. The minimum absolute atomic E-state index is 0.0623. The van der Waals surface area contributed by atoms with E-state index in [1.807, 2.05) is 13.8 Å². The van der Waals surface area contributed by atoms with E-state index in [1.165, 1.54) is 5.57 Å². The molecule has 2 bridgehead atoms. The first kappa shape index (κ1) is 21.3. The molecule has 1 saturated carbocycles. The third-order valence-corrected chi connectivity index (χ3v) is 7.20. The van der Waals surface area contributed by atoms with Crippen molar-refractivity contribution in [3.05, 3.63) is 24.3 Å². The number of ketones is 1. The molecule has 0 spiro atoms. The lowest BCUT2D eigenvalue weighted by Gasteiger charge is -2.45. The van der Waals surface area contributed by atoms with Crippen molar-refractivity contribution < 1.29 is 19.1 Å². The van der Waals surface area contributed by atoms with E-state index in [4.69, 9.17) is 9.47 Å². The summed E-state index contributed by atoms with van der Waals surface area (Å²) in [6.45, 7) is 16.9. The highest BCUT2D eigenvalue weighted by molar-refractivity contribution is 5.94. The van der Waals surface area contributed by atoms with Crippen molar-refractivity contribution >= 4 is 11.8 Å². The van der Waals surface area contributed by atoms with Gasteiger partial charge >= 0.3 is 5.97 Å². The van der Waals surface area contributed by atoms with Gasteiger partial charge in [-0.05, 0) is 50.0 Å². The van der Waals surface area contributed by atoms with Gasteiger partial charge in [-0.3, -0.25) is 9.59 Å². The van der Waals surface area contributed by atoms with Crippen LogP contribution in [0.2, 0.25) is 0 Å². The van der Waals surface area contributed by atoms with Gasteiger partial charge in [-0.15, -0.1) is 0 Å². The zero-order chi connectivity index (χ0) is 20.6. The second-order valence-electron chi connectivity index (χ2n) is 9.57. The van der Waals surface area contributed by atoms with Crippen molar-refractivity contribution in [3.63, 3.8) is 0 Å². The van der Waals surface area contributed by atoms with Crippen LogP contribution in [-0.4, -0.2) is 29.6 Å². The molecule has 0 amide bonds. The van der Waals surface area contributed by atoms with Crippen LogP contribution in [0.15, 0.2) is 24.3 Å². The van der Waals surface area contributed by atoms with Gasteiger partial charge in [0.25, 0.3) is 0 Å². The molecular formula is C24H36O4. The normalized spacial score (nSPS) is 38.6. The molecule has 3 rings (SSSR count). The summed E-state index contributed by atoms with van der Waals surface area (Å²) in [6, 6.07) is 0. The SMILES string of the molecule is C=C1C[C@H]2O[C@H]([C@H]3[C@@H]2C(=C)CC[C@@H]3C(C)C)[C@](C)(OC(=O)CCC)CCC1=O. The molecule has 2 heterocycles. The Bertz CT molecular complexity index is 664. The van der Waals surface area contributed by atoms with Crippen LogP contribution in [0.25, 0.3) is 0 Å². The molecule has 6 atom stereocenters. The van der Waals surface area contributed by atoms with E-state index in [0.29, 0.717) is 43.1 Å². The van der Waals surface area contributed by atoms with Crippen molar-refractivity contribution in [3.8, 4) is 0 Å². The Kier molecular flexibility index (Phi) is 6.19. The van der Waals surface area contributed by atoms with Crippen LogP contribution in [0.5, 0.6) is 0 Å². The third kappa shape index (κ3) is 3.85. The Morgan fingerprint density at radius 3 is 2.68 bits per heavy atom. The molecule has 2 aliphatic heterocycles. The van der Waals surface area contributed by atoms with E-state index in [-0.39, 0.29) is 35.8 Å². The summed E-state index contributed by atoms with van der Waals surface area (Å²) < 4.78 is 12.7. The number of Topliss-reactive ketones (excluding diaryl/α,β-unsaturated/α-hetero) is 1. The summed E-state index contributed by atoms with van der Waals surface area (Å²) in [5.41, 5.74) is 1.06. The van der Waals surface area contributed by atoms with Crippen LogP contribution in [-0.2, 0) is 19.1 Å². The number of fused-ring (bicyclic) bond motifs is 5. The molecule has 0 N–H and O–H groups in total. The van der Waals surface area contributed by atoms with Crippen LogP contribution < -0.4 is 0 Å². The van der Waals surface area contributed by atoms with Gasteiger partial charge in [-0.2, -0.15) is 0 Å². The second-order valence-corrected chi connectivity index (χ2v) is 9.57. The molecule has 2 saturated heterocycles. The minimum atomic E-state index is -0.797. The van der Waals surface area contributed by atoms with Crippen molar-refractivity contribution in [1.29, 1.82) is 0 Å². The maximum atomic E-state index is 12.6. The Hall–Kier alpha value is -1.42. The molecular weight excluding hydrogens is 352 g/mol. The van der Waals surface area contributed by atoms with E-state index in [9.17, 15) is 9.59 Å². The molecule has 28 heavy (non-hydrogen) atoms. The summed E-state index contributed by atoms with van der Waals surface area (Å²) in [4.78, 5) is 25.1. The maximum absolute atomic E-state index is 12.6. The largest absolute Gasteiger partial charge is 0.457 e. The Morgan fingerprint density at radius 1 is 1.32 bits per heavy atom. The number of ether oxygens (including phenoxy) is 2. The fourth-order valence-electron chi connectivity index (χ4n) is 5.70. The van der Waals surface area contributed by atoms with E-state index in [2.05, 4.69) is 27.0 Å². The first-order valence-corrected chi connectivity index (χ1v) is 10.9. The Morgan fingerprint density at radius 2 is 2.04 bits per heavy atom. The molecule has 0 aromatic carbocycles. The van der Waals surface area contributed by atoms with E-state index in [1.54, 1.807) is 0 Å². The quantitative estimate of drug-likeness (QED) is 0.385. The van der Waals surface area contributed by atoms with Gasteiger partial charge in [0.05, 0.1) is 6.10 Å². The number of esters is 1. The molecule has 3 fully saturated rings. The standard InChI is InChI=1S/C24H36O4/c1-7-8-20(26)28-24(6)12-11-18(25)16(5)13-19-21-15(4)9-10-17(14(2)3)22(21)23(24)27-19/h14,17,19,21-23H,4-5,7-13H2,1-3,6H3/t17-,19-,21-,22-,23-,24-/m1/s1. The zero-order valence-electron chi connectivity index (χ0n) is 18.0. The van der Waals surface area contributed by atoms with Crippen LogP contribution in [0, 0.1) is 23.7 Å². The lowest BCUT2D eigenvalue weighted by Crippen LogP contribution is -2.50. The molecule has 1 aliphatic carbocycles. The second kappa shape index (κ2) is 8.14. The molecule has 0 unspecified atom stereocenters. The lowest BCUT2D eigenvalue weighted by molar-refractivity contribution is -0.181. The van der Waals surface area contributed by atoms with Crippen molar-refractivity contribution in [1.82, 2.24) is 0 Å². The van der Waals surface area contributed by atoms with Gasteiger partial charge in [0.15, 0.2) is 5.78 Å². The van der Waals surface area contributed by atoms with Crippen LogP contribution in [0.3, 0.4) is 0 Å². The lowest BCUT2D eigenvalue weighted by atomic mass is 9.61. The molecule has 3 aliphatic rings. The fourth-order valence-corrected chi connectivity index (χ4v) is 5.70. The minimum Gasteiger partial charge on any atom is -0.457 e. The van der Waals surface area contributed by atoms with E-state index >= 15 is 0 Å². The Balaban J connectivity index is 2.03. The summed E-state index contributed by atoms with van der Waals surface area (Å²) >= 11 is 0. The molecule has 4 nitrogen and oxygen atoms in total. The van der Waals surface area contributed by atoms with Crippen LogP contribution in [0.4, 0.5) is 0 Å². The summed E-state index contributed by atoms with van der Waals surface area (Å²) in [5, 5.41) is 0. The van der Waals surface area contributed by atoms with Gasteiger partial charge in [0.2, 0.25) is 0 Å². The van der Waals surface area contributed by atoms with Crippen LogP contribution in [0.1, 0.15) is 72.6 Å². The van der Waals surface area contributed by atoms with Gasteiger partial charge < -0.3 is 9.47 Å². The van der Waals surface area contributed by atoms with Gasteiger partial charge in [0, 0.05) is 31.1 Å².